The van der Waals surface area contributed by atoms with Crippen molar-refractivity contribution in [2.24, 2.45) is 5.92 Å². The molecule has 1 aliphatic carbocycles. The van der Waals surface area contributed by atoms with Crippen LogP contribution in [-0.2, 0) is 0 Å². The standard InChI is InChI=1S/C13H17N3/c1-2-15(10-11-6-7-11)13-9-14-16-8-4-3-5-12(13)16/h3-5,8-9,11H,2,6-7,10H2,1H3. The molecule has 0 spiro atoms. The summed E-state index contributed by atoms with van der Waals surface area (Å²) in [5, 5.41) is 4.39. The lowest BCUT2D eigenvalue weighted by Gasteiger charge is -2.21. The fourth-order valence-electron chi connectivity index (χ4n) is 2.17. The van der Waals surface area contributed by atoms with Crippen LogP contribution in [0.3, 0.4) is 0 Å². The normalized spacial score (nSPS) is 15.6. The molecular weight excluding hydrogens is 198 g/mol. The summed E-state index contributed by atoms with van der Waals surface area (Å²) in [6.07, 6.45) is 6.79. The van der Waals surface area contributed by atoms with Crippen LogP contribution >= 0.6 is 0 Å². The van der Waals surface area contributed by atoms with E-state index in [1.165, 1.54) is 30.6 Å². The summed E-state index contributed by atoms with van der Waals surface area (Å²) in [5.41, 5.74) is 2.49. The molecular formula is C13H17N3. The first kappa shape index (κ1) is 9.70. The Morgan fingerprint density at radius 2 is 2.31 bits per heavy atom. The van der Waals surface area contributed by atoms with Gasteiger partial charge in [-0.15, -0.1) is 0 Å². The summed E-state index contributed by atoms with van der Waals surface area (Å²) in [6, 6.07) is 6.23. The molecule has 2 heterocycles. The van der Waals surface area contributed by atoms with Crippen LogP contribution in [0.4, 0.5) is 5.69 Å². The summed E-state index contributed by atoms with van der Waals surface area (Å²) in [5.74, 6) is 0.915. The van der Waals surface area contributed by atoms with Gasteiger partial charge in [0.05, 0.1) is 17.4 Å². The molecule has 0 unspecified atom stereocenters. The molecule has 0 aromatic carbocycles. The summed E-state index contributed by atoms with van der Waals surface area (Å²) in [6.45, 7) is 4.47. The zero-order chi connectivity index (χ0) is 11.0. The van der Waals surface area contributed by atoms with Gasteiger partial charge in [-0.3, -0.25) is 0 Å². The van der Waals surface area contributed by atoms with Crippen molar-refractivity contribution in [1.82, 2.24) is 9.61 Å². The summed E-state index contributed by atoms with van der Waals surface area (Å²) < 4.78 is 1.95. The topological polar surface area (TPSA) is 20.5 Å². The van der Waals surface area contributed by atoms with Gasteiger partial charge in [-0.2, -0.15) is 5.10 Å². The molecule has 0 aliphatic heterocycles. The van der Waals surface area contributed by atoms with E-state index in [4.69, 9.17) is 0 Å². The van der Waals surface area contributed by atoms with Crippen molar-refractivity contribution in [3.63, 3.8) is 0 Å². The Morgan fingerprint density at radius 1 is 1.44 bits per heavy atom. The van der Waals surface area contributed by atoms with Crippen molar-refractivity contribution < 1.29 is 0 Å². The molecule has 84 valence electrons. The lowest BCUT2D eigenvalue weighted by atomic mass is 10.3. The van der Waals surface area contributed by atoms with Crippen molar-refractivity contribution in [1.29, 1.82) is 0 Å². The van der Waals surface area contributed by atoms with Crippen LogP contribution in [0.2, 0.25) is 0 Å². The third-order valence-corrected chi connectivity index (χ3v) is 3.30. The van der Waals surface area contributed by atoms with E-state index >= 15 is 0 Å². The number of pyridine rings is 1. The highest BCUT2D eigenvalue weighted by Crippen LogP contribution is 2.32. The van der Waals surface area contributed by atoms with Crippen molar-refractivity contribution in [3.05, 3.63) is 30.6 Å². The van der Waals surface area contributed by atoms with Crippen LogP contribution < -0.4 is 4.90 Å². The molecule has 16 heavy (non-hydrogen) atoms. The molecule has 2 aromatic rings. The van der Waals surface area contributed by atoms with Crippen molar-refractivity contribution >= 4 is 11.2 Å². The highest BCUT2D eigenvalue weighted by molar-refractivity contribution is 5.72. The maximum atomic E-state index is 4.39. The molecule has 1 fully saturated rings. The van der Waals surface area contributed by atoms with Crippen LogP contribution in [0.15, 0.2) is 30.6 Å². The molecule has 3 rings (SSSR count). The number of rotatable bonds is 4. The molecule has 3 nitrogen and oxygen atoms in total. The maximum absolute atomic E-state index is 4.39. The van der Waals surface area contributed by atoms with Crippen molar-refractivity contribution in [3.8, 4) is 0 Å². The van der Waals surface area contributed by atoms with E-state index in [2.05, 4.69) is 29.1 Å². The number of aromatic nitrogens is 2. The minimum atomic E-state index is 0.915. The Bertz CT molecular complexity index is 485. The quantitative estimate of drug-likeness (QED) is 0.781. The first-order valence-corrected chi connectivity index (χ1v) is 6.06. The number of hydrogen-bond acceptors (Lipinski definition) is 2. The fourth-order valence-corrected chi connectivity index (χ4v) is 2.17. The molecule has 0 radical (unpaired) electrons. The van der Waals surface area contributed by atoms with E-state index in [0.29, 0.717) is 0 Å². The molecule has 0 bridgehead atoms. The number of nitrogens with zero attached hydrogens (tertiary/aromatic N) is 3. The first-order valence-electron chi connectivity index (χ1n) is 6.06. The van der Waals surface area contributed by atoms with Crippen molar-refractivity contribution in [2.45, 2.75) is 19.8 Å². The molecule has 0 amide bonds. The zero-order valence-electron chi connectivity index (χ0n) is 9.63. The Morgan fingerprint density at radius 3 is 3.06 bits per heavy atom. The lowest BCUT2D eigenvalue weighted by molar-refractivity contribution is 0.744. The van der Waals surface area contributed by atoms with Gasteiger partial charge in [0.2, 0.25) is 0 Å². The second kappa shape index (κ2) is 3.81. The minimum absolute atomic E-state index is 0.915. The Balaban J connectivity index is 1.95. The molecule has 0 atom stereocenters. The summed E-state index contributed by atoms with van der Waals surface area (Å²) >= 11 is 0. The Kier molecular flexibility index (Phi) is 2.31. The minimum Gasteiger partial charge on any atom is -0.368 e. The number of hydrogen-bond donors (Lipinski definition) is 0. The van der Waals surface area contributed by atoms with Gasteiger partial charge in [-0.1, -0.05) is 6.07 Å². The van der Waals surface area contributed by atoms with E-state index < -0.39 is 0 Å². The molecule has 1 aliphatic rings. The largest absolute Gasteiger partial charge is 0.368 e. The SMILES string of the molecule is CCN(CC1CC1)c1cnn2ccccc12. The van der Waals surface area contributed by atoms with Gasteiger partial charge in [0.25, 0.3) is 0 Å². The van der Waals surface area contributed by atoms with Gasteiger partial charge in [0, 0.05) is 19.3 Å². The molecule has 3 heteroatoms. The van der Waals surface area contributed by atoms with E-state index in [1.54, 1.807) is 0 Å². The second-order valence-corrected chi connectivity index (χ2v) is 4.54. The molecule has 0 N–H and O–H groups in total. The third kappa shape index (κ3) is 1.66. The van der Waals surface area contributed by atoms with Crippen LogP contribution in [0.5, 0.6) is 0 Å². The predicted octanol–water partition coefficient (Wildman–Crippen LogP) is 2.57. The highest BCUT2D eigenvalue weighted by Gasteiger charge is 2.24. The summed E-state index contributed by atoms with van der Waals surface area (Å²) in [4.78, 5) is 2.44. The lowest BCUT2D eigenvalue weighted by Crippen LogP contribution is -2.24. The van der Waals surface area contributed by atoms with Gasteiger partial charge in [0.15, 0.2) is 0 Å². The van der Waals surface area contributed by atoms with Gasteiger partial charge < -0.3 is 4.90 Å². The average Bonchev–Trinajstić information content (AvgIpc) is 3.04. The van der Waals surface area contributed by atoms with Crippen LogP contribution in [0, 0.1) is 5.92 Å². The molecule has 1 saturated carbocycles. The monoisotopic (exact) mass is 215 g/mol. The van der Waals surface area contributed by atoms with Gasteiger partial charge in [-0.25, -0.2) is 4.52 Å². The molecule has 0 saturated heterocycles. The predicted molar refractivity (Wildman–Crippen MR) is 65.8 cm³/mol. The smallest absolute Gasteiger partial charge is 0.0895 e. The van der Waals surface area contributed by atoms with Gasteiger partial charge >= 0.3 is 0 Å². The van der Waals surface area contributed by atoms with Crippen LogP contribution in [0.25, 0.3) is 5.52 Å². The van der Waals surface area contributed by atoms with Crippen molar-refractivity contribution in [2.75, 3.05) is 18.0 Å². The van der Waals surface area contributed by atoms with Gasteiger partial charge in [-0.05, 0) is 37.8 Å². The highest BCUT2D eigenvalue weighted by atomic mass is 15.3. The molecule has 2 aromatic heterocycles. The number of anilines is 1. The Hall–Kier alpha value is -1.51. The fraction of sp³-hybridized carbons (Fsp3) is 0.462. The first-order chi connectivity index (χ1) is 7.88. The van der Waals surface area contributed by atoms with E-state index in [1.807, 2.05) is 23.0 Å². The summed E-state index contributed by atoms with van der Waals surface area (Å²) in [7, 11) is 0. The van der Waals surface area contributed by atoms with Crippen LogP contribution in [0.1, 0.15) is 19.8 Å². The van der Waals surface area contributed by atoms with E-state index in [9.17, 15) is 0 Å². The van der Waals surface area contributed by atoms with Gasteiger partial charge in [0.1, 0.15) is 0 Å². The maximum Gasteiger partial charge on any atom is 0.0895 e. The number of fused-ring (bicyclic) bond motifs is 1. The van der Waals surface area contributed by atoms with Crippen LogP contribution in [-0.4, -0.2) is 22.7 Å². The Labute approximate surface area is 95.7 Å². The second-order valence-electron chi connectivity index (χ2n) is 4.54. The van der Waals surface area contributed by atoms with E-state index in [-0.39, 0.29) is 0 Å². The zero-order valence-corrected chi connectivity index (χ0v) is 9.63. The van der Waals surface area contributed by atoms with E-state index in [0.717, 1.165) is 12.5 Å². The average molecular weight is 215 g/mol. The third-order valence-electron chi connectivity index (χ3n) is 3.30.